The van der Waals surface area contributed by atoms with E-state index in [4.69, 9.17) is 9.84 Å². The average molecular weight is 313 g/mol. The van der Waals surface area contributed by atoms with E-state index in [1.54, 1.807) is 6.20 Å². The van der Waals surface area contributed by atoms with Crippen molar-refractivity contribution in [3.8, 4) is 5.75 Å². The molecule has 0 bridgehead atoms. The molecule has 1 aromatic heterocycles. The molecule has 2 aromatic rings. The third-order valence-corrected chi connectivity index (χ3v) is 4.49. The molecule has 0 unspecified atom stereocenters. The largest absolute Gasteiger partial charge is 0.491 e. The Labute approximate surface area is 133 Å². The van der Waals surface area contributed by atoms with Crippen molar-refractivity contribution in [2.45, 2.75) is 31.8 Å². The highest BCUT2D eigenvalue weighted by atomic mass is 16.5. The molecular weight excluding hydrogens is 294 g/mol. The number of nitrogens with one attached hydrogen (secondary N) is 1. The van der Waals surface area contributed by atoms with E-state index in [1.807, 2.05) is 12.1 Å². The van der Waals surface area contributed by atoms with Crippen LogP contribution in [0.2, 0.25) is 0 Å². The number of H-pyrrole nitrogens is 1. The minimum atomic E-state index is -0.0716. The summed E-state index contributed by atoms with van der Waals surface area (Å²) in [5, 5.41) is 15.5. The van der Waals surface area contributed by atoms with Crippen LogP contribution in [0.3, 0.4) is 0 Å². The number of fused-ring (bicyclic) bond motifs is 1. The van der Waals surface area contributed by atoms with Gasteiger partial charge in [-0.15, -0.1) is 0 Å². The van der Waals surface area contributed by atoms with Crippen molar-refractivity contribution in [1.29, 1.82) is 0 Å². The number of anilines is 1. The van der Waals surface area contributed by atoms with Crippen molar-refractivity contribution < 1.29 is 9.84 Å². The molecule has 4 rings (SSSR count). The minimum absolute atomic E-state index is 0.00279. The average Bonchev–Trinajstić information content (AvgIpc) is 3.30. The lowest BCUT2D eigenvalue weighted by Crippen LogP contribution is -2.23. The van der Waals surface area contributed by atoms with Gasteiger partial charge in [-0.2, -0.15) is 5.10 Å². The van der Waals surface area contributed by atoms with Gasteiger partial charge in [0.2, 0.25) is 0 Å². The minimum Gasteiger partial charge on any atom is -0.491 e. The van der Waals surface area contributed by atoms with Crippen LogP contribution in [-0.2, 0) is 13.1 Å². The molecule has 0 saturated heterocycles. The Kier molecular flexibility index (Phi) is 3.53. The summed E-state index contributed by atoms with van der Waals surface area (Å²) in [7, 11) is 0. The summed E-state index contributed by atoms with van der Waals surface area (Å²) in [6.45, 7) is 1.73. The number of benzene rings is 1. The van der Waals surface area contributed by atoms with Crippen molar-refractivity contribution in [3.63, 3.8) is 0 Å². The predicted molar refractivity (Wildman–Crippen MR) is 85.7 cm³/mol. The molecule has 0 amide bonds. The van der Waals surface area contributed by atoms with Gasteiger partial charge in [0.1, 0.15) is 12.4 Å². The first kappa shape index (κ1) is 14.3. The molecular formula is C17H19N3O3. The zero-order chi connectivity index (χ0) is 15.8. The van der Waals surface area contributed by atoms with E-state index in [0.29, 0.717) is 12.5 Å². The number of aliphatic hydroxyl groups is 1. The van der Waals surface area contributed by atoms with Crippen molar-refractivity contribution in [2.24, 2.45) is 0 Å². The van der Waals surface area contributed by atoms with Gasteiger partial charge in [0.25, 0.3) is 5.56 Å². The summed E-state index contributed by atoms with van der Waals surface area (Å²) in [5.41, 5.74) is 4.05. The fourth-order valence-electron chi connectivity index (χ4n) is 3.27. The fourth-order valence-corrected chi connectivity index (χ4v) is 3.27. The first-order valence-electron chi connectivity index (χ1n) is 7.95. The molecule has 0 spiro atoms. The van der Waals surface area contributed by atoms with Gasteiger partial charge >= 0.3 is 0 Å². The topological polar surface area (TPSA) is 78.5 Å². The highest BCUT2D eigenvalue weighted by Gasteiger charge is 2.33. The van der Waals surface area contributed by atoms with Crippen LogP contribution in [0.25, 0.3) is 0 Å². The lowest BCUT2D eigenvalue weighted by atomic mass is 10.1. The lowest BCUT2D eigenvalue weighted by Gasteiger charge is -2.20. The maximum atomic E-state index is 12.2. The molecule has 1 aromatic carbocycles. The second-order valence-corrected chi connectivity index (χ2v) is 6.09. The first-order valence-corrected chi connectivity index (χ1v) is 7.95. The molecule has 2 N–H and O–H groups in total. The van der Waals surface area contributed by atoms with E-state index in [-0.39, 0.29) is 18.8 Å². The van der Waals surface area contributed by atoms with E-state index in [2.05, 4.69) is 21.2 Å². The molecule has 0 atom stereocenters. The molecule has 0 radical (unpaired) electrons. The maximum Gasteiger partial charge on any atom is 0.269 e. The first-order chi connectivity index (χ1) is 11.3. The van der Waals surface area contributed by atoms with Gasteiger partial charge in [-0.3, -0.25) is 4.79 Å². The Balaban J connectivity index is 1.66. The van der Waals surface area contributed by atoms with Gasteiger partial charge in [-0.25, -0.2) is 5.10 Å². The van der Waals surface area contributed by atoms with Crippen LogP contribution in [0.1, 0.15) is 35.4 Å². The molecule has 1 fully saturated rings. The monoisotopic (exact) mass is 313 g/mol. The molecule has 6 nitrogen and oxygen atoms in total. The Morgan fingerprint density at radius 2 is 2.22 bits per heavy atom. The molecule has 1 aliphatic heterocycles. The van der Waals surface area contributed by atoms with Crippen molar-refractivity contribution in [2.75, 3.05) is 18.1 Å². The van der Waals surface area contributed by atoms with E-state index in [1.165, 1.54) is 5.56 Å². The highest BCUT2D eigenvalue weighted by Crippen LogP contribution is 2.44. The number of rotatable bonds is 5. The van der Waals surface area contributed by atoms with Crippen LogP contribution in [-0.4, -0.2) is 28.5 Å². The standard InChI is InChI=1S/C17H19N3O3/c21-6-7-23-15-3-1-2-12-9-20(10-13(12)15)14-8-18-19-17(22)16(14)11-4-5-11/h1-3,8,11,21H,4-7,9-10H2,(H,19,22). The number of hydrogen-bond acceptors (Lipinski definition) is 5. The van der Waals surface area contributed by atoms with Crippen LogP contribution in [0.15, 0.2) is 29.2 Å². The van der Waals surface area contributed by atoms with E-state index in [0.717, 1.165) is 42.0 Å². The molecule has 2 heterocycles. The lowest BCUT2D eigenvalue weighted by molar-refractivity contribution is 0.200. The molecule has 23 heavy (non-hydrogen) atoms. The van der Waals surface area contributed by atoms with Gasteiger partial charge in [0.05, 0.1) is 18.5 Å². The van der Waals surface area contributed by atoms with Crippen LogP contribution >= 0.6 is 0 Å². The van der Waals surface area contributed by atoms with Crippen molar-refractivity contribution in [1.82, 2.24) is 10.2 Å². The number of hydrogen-bond donors (Lipinski definition) is 2. The smallest absolute Gasteiger partial charge is 0.269 e. The summed E-state index contributed by atoms with van der Waals surface area (Å²) in [6, 6.07) is 5.97. The molecule has 1 aliphatic carbocycles. The predicted octanol–water partition coefficient (Wildman–Crippen LogP) is 1.54. The molecule has 2 aliphatic rings. The number of nitrogens with zero attached hydrogens (tertiary/aromatic N) is 2. The van der Waals surface area contributed by atoms with Crippen LogP contribution in [0, 0.1) is 0 Å². The van der Waals surface area contributed by atoms with Gasteiger partial charge in [-0.1, -0.05) is 12.1 Å². The summed E-state index contributed by atoms with van der Waals surface area (Å²) < 4.78 is 5.64. The summed E-state index contributed by atoms with van der Waals surface area (Å²) >= 11 is 0. The van der Waals surface area contributed by atoms with E-state index >= 15 is 0 Å². The summed E-state index contributed by atoms with van der Waals surface area (Å²) in [5.74, 6) is 1.18. The zero-order valence-corrected chi connectivity index (χ0v) is 12.8. The number of aromatic amines is 1. The normalized spacial score (nSPS) is 16.5. The molecule has 120 valence electrons. The zero-order valence-electron chi connectivity index (χ0n) is 12.8. The number of aliphatic hydroxyl groups excluding tert-OH is 1. The highest BCUT2D eigenvalue weighted by molar-refractivity contribution is 5.59. The Morgan fingerprint density at radius 1 is 1.35 bits per heavy atom. The van der Waals surface area contributed by atoms with Crippen LogP contribution < -0.4 is 15.2 Å². The molecule has 1 saturated carbocycles. The maximum absolute atomic E-state index is 12.2. The Hall–Kier alpha value is -2.34. The second-order valence-electron chi connectivity index (χ2n) is 6.09. The Bertz CT molecular complexity index is 783. The summed E-state index contributed by atoms with van der Waals surface area (Å²) in [6.07, 6.45) is 3.91. The summed E-state index contributed by atoms with van der Waals surface area (Å²) in [4.78, 5) is 14.3. The number of ether oxygens (including phenoxy) is 1. The molecule has 6 heteroatoms. The van der Waals surface area contributed by atoms with Gasteiger partial charge < -0.3 is 14.7 Å². The van der Waals surface area contributed by atoms with Crippen molar-refractivity contribution in [3.05, 3.63) is 51.4 Å². The third-order valence-electron chi connectivity index (χ3n) is 4.49. The quantitative estimate of drug-likeness (QED) is 0.875. The third kappa shape index (κ3) is 2.59. The number of aromatic nitrogens is 2. The fraction of sp³-hybridized carbons (Fsp3) is 0.412. The van der Waals surface area contributed by atoms with Crippen LogP contribution in [0.4, 0.5) is 5.69 Å². The van der Waals surface area contributed by atoms with E-state index < -0.39 is 0 Å². The van der Waals surface area contributed by atoms with Gasteiger partial charge in [0, 0.05) is 24.2 Å². The Morgan fingerprint density at radius 3 is 3.00 bits per heavy atom. The van der Waals surface area contributed by atoms with E-state index in [9.17, 15) is 4.79 Å². The van der Waals surface area contributed by atoms with Crippen molar-refractivity contribution >= 4 is 5.69 Å². The SMILES string of the molecule is O=c1[nH]ncc(N2Cc3cccc(OCCO)c3C2)c1C1CC1. The second kappa shape index (κ2) is 5.70. The van der Waals surface area contributed by atoms with Gasteiger partial charge in [0.15, 0.2) is 0 Å². The van der Waals surface area contributed by atoms with Gasteiger partial charge in [-0.05, 0) is 30.4 Å². The van der Waals surface area contributed by atoms with Crippen LogP contribution in [0.5, 0.6) is 5.75 Å².